The number of carboxylic acids is 1. The van der Waals surface area contributed by atoms with Gasteiger partial charge in [0.05, 0.1) is 6.61 Å². The van der Waals surface area contributed by atoms with Gasteiger partial charge in [-0.3, -0.25) is 0 Å². The van der Waals surface area contributed by atoms with Crippen LogP contribution >= 0.6 is 0 Å². The van der Waals surface area contributed by atoms with Crippen LogP contribution in [-0.4, -0.2) is 23.7 Å². The summed E-state index contributed by atoms with van der Waals surface area (Å²) in [5.74, 6) is -2.75. The third-order valence-corrected chi connectivity index (χ3v) is 0.450. The number of carbonyl (C=O) groups is 2. The average Bonchev–Trinajstić information content (AvgIpc) is 1.67. The van der Waals surface area contributed by atoms with Crippen LogP contribution in [0.3, 0.4) is 0 Å². The second-order valence-electron chi connectivity index (χ2n) is 1.03. The first-order chi connectivity index (χ1) is 3.68. The maximum absolute atomic E-state index is 9.92. The van der Waals surface area contributed by atoms with E-state index in [1.54, 1.807) is 6.92 Å². The lowest BCUT2D eigenvalue weighted by atomic mass is 10.9. The average molecular weight is 120 g/mol. The number of esters is 1. The summed E-state index contributed by atoms with van der Waals surface area (Å²) in [6, 6.07) is 0. The number of ether oxygens (including phenoxy) is 1. The van der Waals surface area contributed by atoms with Crippen LogP contribution in [0.1, 0.15) is 6.92 Å². The molecule has 4 heteroatoms. The van der Waals surface area contributed by atoms with Gasteiger partial charge in [-0.15, -0.1) is 0 Å². The summed E-state index contributed by atoms with van der Waals surface area (Å²) >= 11 is 0. The molecule has 0 saturated carbocycles. The first-order valence-electron chi connectivity index (χ1n) is 2.08. The zero-order valence-electron chi connectivity index (χ0n) is 4.38. The van der Waals surface area contributed by atoms with E-state index < -0.39 is 11.9 Å². The highest BCUT2D eigenvalue weighted by Crippen LogP contribution is 1.74. The molecule has 0 aromatic carbocycles. The number of hydrogen-bond donors (Lipinski definition) is 1. The van der Waals surface area contributed by atoms with Gasteiger partial charge in [0.2, 0.25) is 0 Å². The molecule has 0 saturated heterocycles. The molecular formula is C4H6O4. The highest BCUT2D eigenvalue weighted by molar-refractivity contribution is 6.28. The Morgan fingerprint density at radius 2 is 2.12 bits per heavy atom. The molecule has 0 aromatic heterocycles. The van der Waals surface area contributed by atoms with Crippen molar-refractivity contribution in [2.45, 2.75) is 6.92 Å². The van der Waals surface area contributed by atoms with Gasteiger partial charge in [0.1, 0.15) is 0 Å². The van der Waals surface area contributed by atoms with E-state index in [4.69, 9.17) is 5.11 Å². The lowest BCUT2D eigenvalue weighted by molar-refractivity contribution is -0.163. The molecule has 0 aliphatic rings. The molecule has 4 nitrogen and oxygen atoms in total. The SMILES string of the molecule is CCO[13C](=O)[13C](=O)O. The largest absolute Gasteiger partial charge is 0.473 e. The van der Waals surface area contributed by atoms with Crippen LogP contribution in [0, 0.1) is 0 Å². The predicted octanol–water partition coefficient (Wildman–Crippen LogP) is -0.366. The van der Waals surface area contributed by atoms with E-state index in [1.165, 1.54) is 0 Å². The molecule has 0 spiro atoms. The number of hydrogen-bond acceptors (Lipinski definition) is 3. The van der Waals surface area contributed by atoms with Crippen LogP contribution < -0.4 is 0 Å². The molecule has 0 aromatic rings. The topological polar surface area (TPSA) is 63.6 Å². The minimum atomic E-state index is -1.55. The third-order valence-electron chi connectivity index (χ3n) is 0.450. The van der Waals surface area contributed by atoms with Crippen molar-refractivity contribution in [1.82, 2.24) is 0 Å². The van der Waals surface area contributed by atoms with Crippen LogP contribution in [0.4, 0.5) is 0 Å². The number of rotatable bonds is 1. The van der Waals surface area contributed by atoms with Gasteiger partial charge in [-0.2, -0.15) is 0 Å². The van der Waals surface area contributed by atoms with Crippen molar-refractivity contribution in [3.05, 3.63) is 0 Å². The van der Waals surface area contributed by atoms with Gasteiger partial charge in [0, 0.05) is 0 Å². The van der Waals surface area contributed by atoms with Gasteiger partial charge in [0.15, 0.2) is 0 Å². The Balaban J connectivity index is 3.49. The van der Waals surface area contributed by atoms with Crippen molar-refractivity contribution in [3.63, 3.8) is 0 Å². The van der Waals surface area contributed by atoms with E-state index in [-0.39, 0.29) is 6.61 Å². The fourth-order valence-corrected chi connectivity index (χ4v) is 0.193. The summed E-state index contributed by atoms with van der Waals surface area (Å²) in [5.41, 5.74) is 0. The Labute approximate surface area is 46.1 Å². The molecule has 0 radical (unpaired) electrons. The van der Waals surface area contributed by atoms with E-state index in [1.807, 2.05) is 0 Å². The Kier molecular flexibility index (Phi) is 2.61. The summed E-state index contributed by atoms with van der Waals surface area (Å²) < 4.78 is 4.06. The number of carboxylic acid groups (broad SMARTS) is 1. The highest BCUT2D eigenvalue weighted by Gasteiger charge is 2.09. The van der Waals surface area contributed by atoms with E-state index in [0.717, 1.165) is 0 Å². The fraction of sp³-hybridized carbons (Fsp3) is 0.500. The summed E-state index contributed by atoms with van der Waals surface area (Å²) in [6.45, 7) is 1.64. The van der Waals surface area contributed by atoms with Crippen molar-refractivity contribution in [2.24, 2.45) is 0 Å². The van der Waals surface area contributed by atoms with Crippen molar-refractivity contribution in [3.8, 4) is 0 Å². The summed E-state index contributed by atoms with van der Waals surface area (Å²) in [7, 11) is 0. The molecular weight excluding hydrogens is 114 g/mol. The van der Waals surface area contributed by atoms with E-state index >= 15 is 0 Å². The summed E-state index contributed by atoms with van der Waals surface area (Å²) in [4.78, 5) is 19.5. The van der Waals surface area contributed by atoms with Crippen molar-refractivity contribution in [2.75, 3.05) is 6.61 Å². The summed E-state index contributed by atoms with van der Waals surface area (Å²) in [6.07, 6.45) is 0. The molecule has 1 N–H and O–H groups in total. The third kappa shape index (κ3) is 2.17. The molecule has 0 aliphatic carbocycles. The lowest BCUT2D eigenvalue weighted by Crippen LogP contribution is -2.15. The standard InChI is InChI=1S/C4H6O4/c1-2-8-4(7)3(5)6/h2H2,1H3,(H,5,6)/i3+1,4+1. The van der Waals surface area contributed by atoms with Crippen molar-refractivity contribution < 1.29 is 19.4 Å². The van der Waals surface area contributed by atoms with Crippen LogP contribution in [0.2, 0.25) is 0 Å². The normalized spacial score (nSPS) is 8.12. The Bertz CT molecular complexity index is 107. The fourth-order valence-electron chi connectivity index (χ4n) is 0.193. The molecule has 46 valence electrons. The second-order valence-corrected chi connectivity index (χ2v) is 1.03. The molecule has 0 rings (SSSR count). The first kappa shape index (κ1) is 6.94. The van der Waals surface area contributed by atoms with Gasteiger partial charge >= 0.3 is 11.9 Å². The Morgan fingerprint density at radius 1 is 1.62 bits per heavy atom. The van der Waals surface area contributed by atoms with Crippen molar-refractivity contribution >= 4 is 11.9 Å². The molecule has 8 heavy (non-hydrogen) atoms. The molecule has 0 fully saturated rings. The highest BCUT2D eigenvalue weighted by atomic mass is 16.7. The zero-order chi connectivity index (χ0) is 6.57. The quantitative estimate of drug-likeness (QED) is 0.291. The Morgan fingerprint density at radius 3 is 2.25 bits per heavy atom. The van der Waals surface area contributed by atoms with E-state index in [0.29, 0.717) is 0 Å². The molecule has 0 bridgehead atoms. The zero-order valence-corrected chi connectivity index (χ0v) is 4.38. The molecule has 0 amide bonds. The molecule has 0 atom stereocenters. The summed E-state index contributed by atoms with van der Waals surface area (Å²) in [5, 5.41) is 7.84. The molecule has 0 aliphatic heterocycles. The molecule has 0 unspecified atom stereocenters. The van der Waals surface area contributed by atoms with Gasteiger partial charge < -0.3 is 9.84 Å². The first-order valence-corrected chi connectivity index (χ1v) is 2.08. The minimum absolute atomic E-state index is 0.102. The molecule has 0 heterocycles. The van der Waals surface area contributed by atoms with Gasteiger partial charge in [-0.25, -0.2) is 9.59 Å². The Hall–Kier alpha value is -1.06. The maximum atomic E-state index is 9.92. The van der Waals surface area contributed by atoms with Crippen molar-refractivity contribution in [1.29, 1.82) is 0 Å². The maximum Gasteiger partial charge on any atom is 0.417 e. The minimum Gasteiger partial charge on any atom is -0.473 e. The number of aliphatic carboxylic acids is 1. The second kappa shape index (κ2) is 3.01. The van der Waals surface area contributed by atoms with Crippen LogP contribution in [0.15, 0.2) is 0 Å². The monoisotopic (exact) mass is 120 g/mol. The van der Waals surface area contributed by atoms with Crippen LogP contribution in [-0.2, 0) is 14.3 Å². The van der Waals surface area contributed by atoms with E-state index in [2.05, 4.69) is 4.74 Å². The van der Waals surface area contributed by atoms with E-state index in [9.17, 15) is 9.59 Å². The lowest BCUT2D eigenvalue weighted by Gasteiger charge is -1.91. The number of carbonyl (C=O) groups excluding carboxylic acids is 1. The van der Waals surface area contributed by atoms with Crippen LogP contribution in [0.5, 0.6) is 0 Å². The van der Waals surface area contributed by atoms with Gasteiger partial charge in [0.25, 0.3) is 0 Å². The predicted molar refractivity (Wildman–Crippen MR) is 24.3 cm³/mol. The van der Waals surface area contributed by atoms with Gasteiger partial charge in [-0.05, 0) is 6.92 Å². The smallest absolute Gasteiger partial charge is 0.417 e. The van der Waals surface area contributed by atoms with Crippen LogP contribution in [0.25, 0.3) is 0 Å². The van der Waals surface area contributed by atoms with Gasteiger partial charge in [-0.1, -0.05) is 0 Å².